The lowest BCUT2D eigenvalue weighted by Gasteiger charge is -2.22. The average Bonchev–Trinajstić information content (AvgIpc) is 3.23. The van der Waals surface area contributed by atoms with Gasteiger partial charge in [-0.15, -0.1) is 0 Å². The number of fused-ring (bicyclic) bond motifs is 1. The first-order valence-electron chi connectivity index (χ1n) is 11.0. The fourth-order valence-electron chi connectivity index (χ4n) is 3.63. The van der Waals surface area contributed by atoms with Gasteiger partial charge in [-0.05, 0) is 67.9 Å². The van der Waals surface area contributed by atoms with Gasteiger partial charge >= 0.3 is 0 Å². The highest BCUT2D eigenvalue weighted by molar-refractivity contribution is 7.22. The van der Waals surface area contributed by atoms with E-state index in [0.29, 0.717) is 12.1 Å². The summed E-state index contributed by atoms with van der Waals surface area (Å²) in [7, 11) is 4.04. The third-order valence-corrected chi connectivity index (χ3v) is 6.59. The molecule has 1 heterocycles. The number of carbonyl (C=O) groups is 1. The first-order chi connectivity index (χ1) is 15.5. The van der Waals surface area contributed by atoms with E-state index in [-0.39, 0.29) is 5.91 Å². The smallest absolute Gasteiger partial charge is 0.260 e. The molecule has 0 aliphatic carbocycles. The van der Waals surface area contributed by atoms with E-state index < -0.39 is 0 Å². The van der Waals surface area contributed by atoms with Crippen molar-refractivity contribution in [1.29, 1.82) is 0 Å². The molecule has 0 fully saturated rings. The Morgan fingerprint density at radius 3 is 2.25 bits per heavy atom. The van der Waals surface area contributed by atoms with Crippen molar-refractivity contribution in [2.75, 3.05) is 32.1 Å². The molecule has 0 radical (unpaired) electrons. The normalized spacial score (nSPS) is 11.2. The van der Waals surface area contributed by atoms with Gasteiger partial charge in [0.1, 0.15) is 0 Å². The number of benzene rings is 3. The molecule has 0 spiro atoms. The standard InChI is InChI=1S/C27H29N3OS/c1-4-20-12-15-24-25(19-20)32-27(28-24)30(17-16-29(2)3)26(31)23-13-10-22(11-14-23)18-21-8-6-5-7-9-21/h5-15,19H,4,16-18H2,1-3H3. The summed E-state index contributed by atoms with van der Waals surface area (Å²) in [4.78, 5) is 22.2. The number of anilines is 1. The van der Waals surface area contributed by atoms with Crippen molar-refractivity contribution in [1.82, 2.24) is 9.88 Å². The Balaban J connectivity index is 1.59. The van der Waals surface area contributed by atoms with Crippen molar-refractivity contribution in [3.63, 3.8) is 0 Å². The van der Waals surface area contributed by atoms with Gasteiger partial charge in [-0.25, -0.2) is 4.98 Å². The Morgan fingerprint density at radius 1 is 0.875 bits per heavy atom. The lowest BCUT2D eigenvalue weighted by atomic mass is 10.0. The SMILES string of the molecule is CCc1ccc2nc(N(CCN(C)C)C(=O)c3ccc(Cc4ccccc4)cc3)sc2c1. The molecule has 164 valence electrons. The van der Waals surface area contributed by atoms with E-state index in [9.17, 15) is 4.79 Å². The minimum absolute atomic E-state index is 0.00659. The van der Waals surface area contributed by atoms with Crippen LogP contribution in [0.4, 0.5) is 5.13 Å². The molecule has 1 aromatic heterocycles. The largest absolute Gasteiger partial charge is 0.308 e. The van der Waals surface area contributed by atoms with E-state index in [0.717, 1.165) is 34.7 Å². The Bertz CT molecular complexity index is 1180. The lowest BCUT2D eigenvalue weighted by Crippen LogP contribution is -2.36. The van der Waals surface area contributed by atoms with Crippen LogP contribution < -0.4 is 4.90 Å². The van der Waals surface area contributed by atoms with Crippen LogP contribution in [0.25, 0.3) is 10.2 Å². The molecular formula is C27H29N3OS. The second-order valence-corrected chi connectivity index (χ2v) is 9.28. The molecule has 0 atom stereocenters. The van der Waals surface area contributed by atoms with E-state index in [4.69, 9.17) is 4.98 Å². The summed E-state index contributed by atoms with van der Waals surface area (Å²) in [6, 6.07) is 24.7. The monoisotopic (exact) mass is 443 g/mol. The molecule has 4 nitrogen and oxygen atoms in total. The number of likely N-dealkylation sites (N-methyl/N-ethyl adjacent to an activating group) is 1. The molecule has 3 aromatic carbocycles. The quantitative estimate of drug-likeness (QED) is 0.353. The highest BCUT2D eigenvalue weighted by Crippen LogP contribution is 2.30. The summed E-state index contributed by atoms with van der Waals surface area (Å²) < 4.78 is 1.13. The van der Waals surface area contributed by atoms with Crippen molar-refractivity contribution in [2.45, 2.75) is 19.8 Å². The average molecular weight is 444 g/mol. The zero-order valence-corrected chi connectivity index (χ0v) is 19.7. The second-order valence-electron chi connectivity index (χ2n) is 8.27. The Kier molecular flexibility index (Phi) is 6.98. The topological polar surface area (TPSA) is 36.4 Å². The van der Waals surface area contributed by atoms with Crippen LogP contribution in [0.5, 0.6) is 0 Å². The third kappa shape index (κ3) is 5.23. The van der Waals surface area contributed by atoms with E-state index in [2.05, 4.69) is 66.4 Å². The highest BCUT2D eigenvalue weighted by Gasteiger charge is 2.21. The number of amides is 1. The van der Waals surface area contributed by atoms with E-state index >= 15 is 0 Å². The summed E-state index contributed by atoms with van der Waals surface area (Å²) >= 11 is 1.59. The maximum Gasteiger partial charge on any atom is 0.260 e. The molecule has 0 N–H and O–H groups in total. The Morgan fingerprint density at radius 2 is 1.56 bits per heavy atom. The number of nitrogens with zero attached hydrogens (tertiary/aromatic N) is 3. The number of rotatable bonds is 8. The number of thiazole rings is 1. The molecule has 4 aromatic rings. The summed E-state index contributed by atoms with van der Waals surface area (Å²) in [5.41, 5.74) is 5.38. The fraction of sp³-hybridized carbons (Fsp3) is 0.259. The van der Waals surface area contributed by atoms with Crippen LogP contribution in [0.1, 0.15) is 34.0 Å². The van der Waals surface area contributed by atoms with Crippen LogP contribution in [0.2, 0.25) is 0 Å². The minimum atomic E-state index is -0.00659. The van der Waals surface area contributed by atoms with Gasteiger partial charge in [-0.3, -0.25) is 9.69 Å². The number of aryl methyl sites for hydroxylation is 1. The van der Waals surface area contributed by atoms with Gasteiger partial charge in [0.05, 0.1) is 10.2 Å². The summed E-state index contributed by atoms with van der Waals surface area (Å²) in [5, 5.41) is 0.758. The number of carbonyl (C=O) groups excluding carboxylic acids is 1. The molecule has 0 bridgehead atoms. The van der Waals surface area contributed by atoms with Gasteiger partial charge in [0, 0.05) is 18.7 Å². The molecule has 5 heteroatoms. The van der Waals surface area contributed by atoms with Crippen LogP contribution in [0, 0.1) is 0 Å². The molecule has 0 saturated heterocycles. The lowest BCUT2D eigenvalue weighted by molar-refractivity contribution is 0.0985. The first kappa shape index (κ1) is 22.2. The zero-order valence-electron chi connectivity index (χ0n) is 18.9. The molecule has 4 rings (SSSR count). The van der Waals surface area contributed by atoms with Crippen LogP contribution in [-0.2, 0) is 12.8 Å². The maximum atomic E-state index is 13.5. The Labute approximate surface area is 194 Å². The van der Waals surface area contributed by atoms with Crippen molar-refractivity contribution >= 4 is 32.6 Å². The molecule has 0 saturated carbocycles. The van der Waals surface area contributed by atoms with Gasteiger partial charge in [0.2, 0.25) is 0 Å². The van der Waals surface area contributed by atoms with Crippen molar-refractivity contribution in [3.8, 4) is 0 Å². The molecule has 32 heavy (non-hydrogen) atoms. The van der Waals surface area contributed by atoms with Crippen LogP contribution in [0.3, 0.4) is 0 Å². The number of hydrogen-bond donors (Lipinski definition) is 0. The second kappa shape index (κ2) is 10.1. The summed E-state index contributed by atoms with van der Waals surface area (Å²) in [5.74, 6) is -0.00659. The predicted octanol–water partition coefficient (Wildman–Crippen LogP) is 5.66. The van der Waals surface area contributed by atoms with Gasteiger partial charge in [0.25, 0.3) is 5.91 Å². The van der Waals surface area contributed by atoms with Crippen LogP contribution in [-0.4, -0.2) is 43.0 Å². The first-order valence-corrected chi connectivity index (χ1v) is 11.8. The van der Waals surface area contributed by atoms with E-state index in [1.807, 2.05) is 37.2 Å². The van der Waals surface area contributed by atoms with Gasteiger partial charge < -0.3 is 4.90 Å². The molecule has 1 amide bonds. The van der Waals surface area contributed by atoms with Crippen molar-refractivity contribution < 1.29 is 4.79 Å². The van der Waals surface area contributed by atoms with Gasteiger partial charge in [-0.1, -0.05) is 66.8 Å². The number of aromatic nitrogens is 1. The van der Waals surface area contributed by atoms with E-state index in [1.54, 1.807) is 11.3 Å². The molecule has 0 aliphatic rings. The maximum absolute atomic E-state index is 13.5. The highest BCUT2D eigenvalue weighted by atomic mass is 32.1. The Hall–Kier alpha value is -3.02. The fourth-order valence-corrected chi connectivity index (χ4v) is 4.68. The zero-order chi connectivity index (χ0) is 22.5. The van der Waals surface area contributed by atoms with Gasteiger partial charge in [-0.2, -0.15) is 0 Å². The van der Waals surface area contributed by atoms with Gasteiger partial charge in [0.15, 0.2) is 5.13 Å². The minimum Gasteiger partial charge on any atom is -0.308 e. The molecule has 0 aliphatic heterocycles. The molecular weight excluding hydrogens is 414 g/mol. The van der Waals surface area contributed by atoms with Crippen LogP contribution in [0.15, 0.2) is 72.8 Å². The van der Waals surface area contributed by atoms with Crippen LogP contribution >= 0.6 is 11.3 Å². The molecule has 0 unspecified atom stereocenters. The van der Waals surface area contributed by atoms with E-state index in [1.165, 1.54) is 16.7 Å². The van der Waals surface area contributed by atoms with Crippen molar-refractivity contribution in [2.24, 2.45) is 0 Å². The summed E-state index contributed by atoms with van der Waals surface area (Å²) in [6.45, 7) is 3.52. The predicted molar refractivity (Wildman–Crippen MR) is 135 cm³/mol. The third-order valence-electron chi connectivity index (χ3n) is 5.55. The van der Waals surface area contributed by atoms with Crippen molar-refractivity contribution in [3.05, 3.63) is 95.1 Å². The summed E-state index contributed by atoms with van der Waals surface area (Å²) in [6.07, 6.45) is 1.85. The number of hydrogen-bond acceptors (Lipinski definition) is 4.